The van der Waals surface area contributed by atoms with Gasteiger partial charge in [0.25, 0.3) is 5.78 Å². The average molecular weight is 344 g/mol. The molecule has 7 heteroatoms. The van der Waals surface area contributed by atoms with Gasteiger partial charge in [-0.15, -0.1) is 0 Å². The molecular weight excluding hydrogens is 316 g/mol. The second kappa shape index (κ2) is 6.88. The first-order valence-electron chi connectivity index (χ1n) is 9.49. The summed E-state index contributed by atoms with van der Waals surface area (Å²) in [5.41, 5.74) is 2.12. The van der Waals surface area contributed by atoms with E-state index in [0.29, 0.717) is 17.9 Å². The summed E-state index contributed by atoms with van der Waals surface area (Å²) in [4.78, 5) is 11.2. The molecule has 2 atom stereocenters. The van der Waals surface area contributed by atoms with Crippen molar-refractivity contribution in [2.45, 2.75) is 70.6 Å². The topological polar surface area (TPSA) is 78.6 Å². The number of aryl methyl sites for hydroxylation is 1. The molecular formula is C18H28N6O. The van der Waals surface area contributed by atoms with Gasteiger partial charge in [-0.2, -0.15) is 14.6 Å². The van der Waals surface area contributed by atoms with Gasteiger partial charge in [0.1, 0.15) is 12.1 Å². The van der Waals surface area contributed by atoms with E-state index in [4.69, 9.17) is 0 Å². The Hall–Kier alpha value is -1.73. The first kappa shape index (κ1) is 16.7. The van der Waals surface area contributed by atoms with Crippen LogP contribution in [0.5, 0.6) is 0 Å². The van der Waals surface area contributed by atoms with Gasteiger partial charge in [0, 0.05) is 36.4 Å². The van der Waals surface area contributed by atoms with Crippen LogP contribution in [0.15, 0.2) is 6.33 Å². The molecule has 0 aromatic carbocycles. The molecule has 1 saturated carbocycles. The van der Waals surface area contributed by atoms with E-state index in [0.717, 1.165) is 55.8 Å². The van der Waals surface area contributed by atoms with Gasteiger partial charge in [0.15, 0.2) is 0 Å². The molecule has 0 bridgehead atoms. The van der Waals surface area contributed by atoms with Crippen LogP contribution in [-0.2, 0) is 0 Å². The number of aliphatic hydroxyl groups excluding tert-OH is 1. The number of anilines is 1. The number of aromatic nitrogens is 4. The normalized spacial score (nSPS) is 26.2. The standard InChI is InChI=1S/C18H28N6O/c1-12-13(2)21-18-19-11-20-24(18)17(12)22-14-7-9-23(10-8-14)15-5-3-4-6-16(15)25/h11,14-16,22,25H,3-10H2,1-2H3. The van der Waals surface area contributed by atoms with Crippen LogP contribution < -0.4 is 5.32 Å². The van der Waals surface area contributed by atoms with E-state index in [2.05, 4.69) is 32.2 Å². The van der Waals surface area contributed by atoms with Crippen LogP contribution in [0.2, 0.25) is 0 Å². The lowest BCUT2D eigenvalue weighted by Crippen LogP contribution is -2.50. The Morgan fingerprint density at radius 2 is 1.88 bits per heavy atom. The molecule has 1 aliphatic heterocycles. The number of aliphatic hydroxyl groups is 1. The summed E-state index contributed by atoms with van der Waals surface area (Å²) < 4.78 is 1.81. The fourth-order valence-electron chi connectivity index (χ4n) is 4.29. The van der Waals surface area contributed by atoms with Crippen molar-refractivity contribution in [3.63, 3.8) is 0 Å². The van der Waals surface area contributed by atoms with Crippen molar-refractivity contribution in [1.82, 2.24) is 24.5 Å². The Bertz CT molecular complexity index is 736. The van der Waals surface area contributed by atoms with Gasteiger partial charge in [-0.1, -0.05) is 12.8 Å². The number of hydrogen-bond acceptors (Lipinski definition) is 6. The summed E-state index contributed by atoms with van der Waals surface area (Å²) in [5.74, 6) is 1.66. The van der Waals surface area contributed by atoms with E-state index >= 15 is 0 Å². The predicted molar refractivity (Wildman–Crippen MR) is 96.7 cm³/mol. The molecule has 0 spiro atoms. The van der Waals surface area contributed by atoms with Gasteiger partial charge in [-0.25, -0.2) is 4.98 Å². The van der Waals surface area contributed by atoms with Gasteiger partial charge in [0.05, 0.1) is 6.10 Å². The highest BCUT2D eigenvalue weighted by Gasteiger charge is 2.31. The van der Waals surface area contributed by atoms with Crippen LogP contribution >= 0.6 is 0 Å². The lowest BCUT2D eigenvalue weighted by atomic mass is 9.89. The fraction of sp³-hybridized carbons (Fsp3) is 0.722. The minimum absolute atomic E-state index is 0.141. The number of nitrogens with zero attached hydrogens (tertiary/aromatic N) is 5. The van der Waals surface area contributed by atoms with Crippen molar-refractivity contribution in [2.75, 3.05) is 18.4 Å². The minimum atomic E-state index is -0.141. The molecule has 3 heterocycles. The second-order valence-corrected chi connectivity index (χ2v) is 7.52. The van der Waals surface area contributed by atoms with Gasteiger partial charge in [0.2, 0.25) is 0 Å². The van der Waals surface area contributed by atoms with Crippen molar-refractivity contribution < 1.29 is 5.11 Å². The van der Waals surface area contributed by atoms with Crippen molar-refractivity contribution in [1.29, 1.82) is 0 Å². The van der Waals surface area contributed by atoms with Crippen molar-refractivity contribution in [2.24, 2.45) is 0 Å². The molecule has 0 amide bonds. The molecule has 2 unspecified atom stereocenters. The molecule has 7 nitrogen and oxygen atoms in total. The molecule has 25 heavy (non-hydrogen) atoms. The third-order valence-electron chi connectivity index (χ3n) is 5.94. The monoisotopic (exact) mass is 344 g/mol. The number of likely N-dealkylation sites (tertiary alicyclic amines) is 1. The van der Waals surface area contributed by atoms with E-state index in [-0.39, 0.29) is 6.10 Å². The molecule has 0 radical (unpaired) electrons. The molecule has 2 N–H and O–H groups in total. The highest BCUT2D eigenvalue weighted by Crippen LogP contribution is 2.27. The zero-order valence-electron chi connectivity index (χ0n) is 15.1. The van der Waals surface area contributed by atoms with Crippen LogP contribution in [0.3, 0.4) is 0 Å². The molecule has 1 saturated heterocycles. The van der Waals surface area contributed by atoms with Crippen molar-refractivity contribution in [3.05, 3.63) is 17.6 Å². The maximum absolute atomic E-state index is 10.3. The Kier molecular flexibility index (Phi) is 4.60. The van der Waals surface area contributed by atoms with Gasteiger partial charge in [-0.3, -0.25) is 4.90 Å². The average Bonchev–Trinajstić information content (AvgIpc) is 3.08. The lowest BCUT2D eigenvalue weighted by molar-refractivity contribution is 0.00991. The van der Waals surface area contributed by atoms with Crippen LogP contribution in [0, 0.1) is 13.8 Å². The largest absolute Gasteiger partial charge is 0.391 e. The maximum atomic E-state index is 10.3. The zero-order chi connectivity index (χ0) is 17.4. The quantitative estimate of drug-likeness (QED) is 0.886. The van der Waals surface area contributed by atoms with Crippen LogP contribution in [0.25, 0.3) is 5.78 Å². The number of rotatable bonds is 3. The molecule has 4 rings (SSSR count). The summed E-state index contributed by atoms with van der Waals surface area (Å²) >= 11 is 0. The summed E-state index contributed by atoms with van der Waals surface area (Å²) in [5, 5.41) is 18.3. The SMILES string of the molecule is Cc1nc2ncnn2c(NC2CCN(C3CCCCC3O)CC2)c1C. The Labute approximate surface area is 148 Å². The molecule has 2 fully saturated rings. The second-order valence-electron chi connectivity index (χ2n) is 7.52. The van der Waals surface area contributed by atoms with E-state index in [1.54, 1.807) is 10.8 Å². The van der Waals surface area contributed by atoms with Crippen LogP contribution in [0.1, 0.15) is 49.8 Å². The lowest BCUT2D eigenvalue weighted by Gasteiger charge is -2.41. The van der Waals surface area contributed by atoms with E-state index < -0.39 is 0 Å². The first-order valence-corrected chi connectivity index (χ1v) is 9.49. The summed E-state index contributed by atoms with van der Waals surface area (Å²) in [7, 11) is 0. The molecule has 136 valence electrons. The Morgan fingerprint density at radius 1 is 1.12 bits per heavy atom. The first-order chi connectivity index (χ1) is 12.1. The van der Waals surface area contributed by atoms with Crippen LogP contribution in [0.4, 0.5) is 5.82 Å². The van der Waals surface area contributed by atoms with Gasteiger partial charge >= 0.3 is 0 Å². The highest BCUT2D eigenvalue weighted by molar-refractivity contribution is 5.52. The highest BCUT2D eigenvalue weighted by atomic mass is 16.3. The van der Waals surface area contributed by atoms with Crippen molar-refractivity contribution in [3.8, 4) is 0 Å². The van der Waals surface area contributed by atoms with Crippen LogP contribution in [-0.4, -0.2) is 60.9 Å². The maximum Gasteiger partial charge on any atom is 0.254 e. The summed E-state index contributed by atoms with van der Waals surface area (Å²) in [6, 6.07) is 0.784. The van der Waals surface area contributed by atoms with E-state index in [1.807, 2.05) is 6.92 Å². The third kappa shape index (κ3) is 3.22. The third-order valence-corrected chi connectivity index (χ3v) is 5.94. The fourth-order valence-corrected chi connectivity index (χ4v) is 4.29. The summed E-state index contributed by atoms with van der Waals surface area (Å²) in [6.07, 6.45) is 8.10. The number of nitrogens with one attached hydrogen (secondary N) is 1. The van der Waals surface area contributed by atoms with Gasteiger partial charge in [-0.05, 0) is 39.5 Å². The number of piperidine rings is 1. The van der Waals surface area contributed by atoms with Crippen molar-refractivity contribution >= 4 is 11.6 Å². The minimum Gasteiger partial charge on any atom is -0.391 e. The van der Waals surface area contributed by atoms with Gasteiger partial charge < -0.3 is 10.4 Å². The Balaban J connectivity index is 1.44. The number of fused-ring (bicyclic) bond motifs is 1. The molecule has 2 aromatic heterocycles. The molecule has 1 aliphatic carbocycles. The predicted octanol–water partition coefficient (Wildman–Crippen LogP) is 1.92. The summed E-state index contributed by atoms with van der Waals surface area (Å²) in [6.45, 7) is 6.19. The Morgan fingerprint density at radius 3 is 2.64 bits per heavy atom. The zero-order valence-corrected chi connectivity index (χ0v) is 15.1. The van der Waals surface area contributed by atoms with E-state index in [1.165, 1.54) is 12.8 Å². The van der Waals surface area contributed by atoms with E-state index in [9.17, 15) is 5.11 Å². The molecule has 2 aromatic rings. The molecule has 2 aliphatic rings. The number of hydrogen-bond donors (Lipinski definition) is 2. The smallest absolute Gasteiger partial charge is 0.254 e.